The lowest BCUT2D eigenvalue weighted by molar-refractivity contribution is -0.141. The van der Waals surface area contributed by atoms with Crippen molar-refractivity contribution < 1.29 is 9.53 Å². The van der Waals surface area contributed by atoms with E-state index >= 15 is 0 Å². The van der Waals surface area contributed by atoms with Crippen molar-refractivity contribution in [1.82, 2.24) is 9.88 Å². The fourth-order valence-electron chi connectivity index (χ4n) is 2.11. The maximum absolute atomic E-state index is 11.1. The maximum Gasteiger partial charge on any atom is 0.306 e. The standard InChI is InChI=1S/C13H18ClN3O2/c1-19-13(18)4-5-16-6-8-17(9-7-16)12-3-2-11(14)10-15-12/h2-3,10H,4-9H2,1H3. The Morgan fingerprint density at radius 2 is 2.11 bits per heavy atom. The number of aromatic nitrogens is 1. The van der Waals surface area contributed by atoms with Crippen LogP contribution in [-0.2, 0) is 9.53 Å². The van der Waals surface area contributed by atoms with Gasteiger partial charge >= 0.3 is 5.97 Å². The molecular formula is C13H18ClN3O2. The Balaban J connectivity index is 1.79. The predicted octanol–water partition coefficient (Wildman–Crippen LogP) is 1.42. The molecule has 0 unspecified atom stereocenters. The van der Waals surface area contributed by atoms with E-state index in [1.807, 2.05) is 12.1 Å². The minimum absolute atomic E-state index is 0.151. The van der Waals surface area contributed by atoms with E-state index in [2.05, 4.69) is 19.5 Å². The summed E-state index contributed by atoms with van der Waals surface area (Å²) in [6.07, 6.45) is 2.12. The number of esters is 1. The third kappa shape index (κ3) is 4.08. The first-order valence-corrected chi connectivity index (χ1v) is 6.72. The minimum Gasteiger partial charge on any atom is -0.469 e. The summed E-state index contributed by atoms with van der Waals surface area (Å²) in [5.41, 5.74) is 0. The normalized spacial score (nSPS) is 16.4. The molecule has 2 rings (SSSR count). The molecule has 0 bridgehead atoms. The van der Waals surface area contributed by atoms with Crippen LogP contribution in [0.4, 0.5) is 5.82 Å². The molecule has 0 aromatic carbocycles. The fourth-order valence-corrected chi connectivity index (χ4v) is 2.22. The van der Waals surface area contributed by atoms with Gasteiger partial charge in [-0.05, 0) is 12.1 Å². The Kier molecular flexibility index (Phi) is 4.99. The van der Waals surface area contributed by atoms with Gasteiger partial charge in [0.15, 0.2) is 0 Å². The van der Waals surface area contributed by atoms with Crippen molar-refractivity contribution in [1.29, 1.82) is 0 Å². The van der Waals surface area contributed by atoms with Crippen molar-refractivity contribution in [3.8, 4) is 0 Å². The van der Waals surface area contributed by atoms with Gasteiger partial charge in [0.05, 0.1) is 18.6 Å². The van der Waals surface area contributed by atoms with Crippen LogP contribution in [0.1, 0.15) is 6.42 Å². The first-order valence-electron chi connectivity index (χ1n) is 6.34. The van der Waals surface area contributed by atoms with E-state index in [9.17, 15) is 4.79 Å². The largest absolute Gasteiger partial charge is 0.469 e. The number of pyridine rings is 1. The molecule has 0 radical (unpaired) electrons. The van der Waals surface area contributed by atoms with Gasteiger partial charge in [-0.25, -0.2) is 4.98 Å². The molecule has 5 nitrogen and oxygen atoms in total. The van der Waals surface area contributed by atoms with Crippen LogP contribution in [0, 0.1) is 0 Å². The van der Waals surface area contributed by atoms with Gasteiger partial charge in [0.25, 0.3) is 0 Å². The summed E-state index contributed by atoms with van der Waals surface area (Å²) in [5.74, 6) is 0.804. The minimum atomic E-state index is -0.151. The fraction of sp³-hybridized carbons (Fsp3) is 0.538. The lowest BCUT2D eigenvalue weighted by Gasteiger charge is -2.35. The number of hydrogen-bond donors (Lipinski definition) is 0. The van der Waals surface area contributed by atoms with Crippen molar-refractivity contribution in [2.24, 2.45) is 0 Å². The Bertz CT molecular complexity index is 416. The van der Waals surface area contributed by atoms with Crippen LogP contribution in [0.25, 0.3) is 0 Å². The third-order valence-electron chi connectivity index (χ3n) is 3.27. The molecule has 1 aromatic heterocycles. The molecule has 1 aliphatic heterocycles. The third-order valence-corrected chi connectivity index (χ3v) is 3.49. The summed E-state index contributed by atoms with van der Waals surface area (Å²) in [6.45, 7) is 4.45. The number of rotatable bonds is 4. The Hall–Kier alpha value is -1.33. The molecule has 1 fully saturated rings. The molecule has 104 valence electrons. The van der Waals surface area contributed by atoms with E-state index in [-0.39, 0.29) is 5.97 Å². The van der Waals surface area contributed by atoms with Crippen LogP contribution in [-0.4, -0.2) is 55.7 Å². The second kappa shape index (κ2) is 6.73. The average molecular weight is 284 g/mol. The topological polar surface area (TPSA) is 45.7 Å². The Morgan fingerprint density at radius 1 is 1.37 bits per heavy atom. The first-order chi connectivity index (χ1) is 9.19. The van der Waals surface area contributed by atoms with E-state index in [1.54, 1.807) is 6.20 Å². The molecule has 2 heterocycles. The highest BCUT2D eigenvalue weighted by Gasteiger charge is 2.18. The summed E-state index contributed by atoms with van der Waals surface area (Å²) in [6, 6.07) is 3.79. The van der Waals surface area contributed by atoms with Crippen molar-refractivity contribution in [3.63, 3.8) is 0 Å². The van der Waals surface area contributed by atoms with Crippen molar-refractivity contribution in [2.75, 3.05) is 44.7 Å². The lowest BCUT2D eigenvalue weighted by atomic mass is 10.3. The summed E-state index contributed by atoms with van der Waals surface area (Å²) in [5, 5.41) is 0.653. The van der Waals surface area contributed by atoms with Gasteiger partial charge in [-0.2, -0.15) is 0 Å². The monoisotopic (exact) mass is 283 g/mol. The number of carbonyl (C=O) groups excluding carboxylic acids is 1. The van der Waals surface area contributed by atoms with Gasteiger partial charge in [0, 0.05) is 38.9 Å². The number of nitrogens with zero attached hydrogens (tertiary/aromatic N) is 3. The van der Waals surface area contributed by atoms with E-state index in [0.717, 1.165) is 38.5 Å². The molecule has 0 atom stereocenters. The number of piperazine rings is 1. The van der Waals surface area contributed by atoms with Crippen LogP contribution in [0.5, 0.6) is 0 Å². The molecule has 0 N–H and O–H groups in total. The highest BCUT2D eigenvalue weighted by molar-refractivity contribution is 6.30. The van der Waals surface area contributed by atoms with Crippen molar-refractivity contribution in [3.05, 3.63) is 23.4 Å². The highest BCUT2D eigenvalue weighted by Crippen LogP contribution is 2.16. The van der Waals surface area contributed by atoms with Crippen LogP contribution >= 0.6 is 11.6 Å². The smallest absolute Gasteiger partial charge is 0.306 e. The van der Waals surface area contributed by atoms with Gasteiger partial charge in [-0.15, -0.1) is 0 Å². The Labute approximate surface area is 118 Å². The molecule has 6 heteroatoms. The van der Waals surface area contributed by atoms with Crippen LogP contribution in [0.2, 0.25) is 5.02 Å². The van der Waals surface area contributed by atoms with Crippen LogP contribution in [0.15, 0.2) is 18.3 Å². The number of ether oxygens (including phenoxy) is 1. The van der Waals surface area contributed by atoms with Crippen molar-refractivity contribution >= 4 is 23.4 Å². The highest BCUT2D eigenvalue weighted by atomic mass is 35.5. The zero-order chi connectivity index (χ0) is 13.7. The zero-order valence-corrected chi connectivity index (χ0v) is 11.8. The molecule has 0 spiro atoms. The van der Waals surface area contributed by atoms with Gasteiger partial charge < -0.3 is 9.64 Å². The van der Waals surface area contributed by atoms with E-state index in [4.69, 9.17) is 11.6 Å². The molecule has 0 aliphatic carbocycles. The molecule has 0 amide bonds. The molecule has 1 saturated heterocycles. The number of hydrogen-bond acceptors (Lipinski definition) is 5. The van der Waals surface area contributed by atoms with Crippen LogP contribution < -0.4 is 4.90 Å². The van der Waals surface area contributed by atoms with Gasteiger partial charge in [-0.3, -0.25) is 9.69 Å². The predicted molar refractivity (Wildman–Crippen MR) is 74.5 cm³/mol. The summed E-state index contributed by atoms with van der Waals surface area (Å²) >= 11 is 5.83. The second-order valence-corrected chi connectivity index (χ2v) is 4.93. The average Bonchev–Trinajstić information content (AvgIpc) is 2.46. The van der Waals surface area contributed by atoms with Crippen molar-refractivity contribution in [2.45, 2.75) is 6.42 Å². The maximum atomic E-state index is 11.1. The molecule has 19 heavy (non-hydrogen) atoms. The van der Waals surface area contributed by atoms with E-state index < -0.39 is 0 Å². The van der Waals surface area contributed by atoms with Gasteiger partial charge in [0.1, 0.15) is 5.82 Å². The van der Waals surface area contributed by atoms with E-state index in [1.165, 1.54) is 7.11 Å². The van der Waals surface area contributed by atoms with E-state index in [0.29, 0.717) is 11.4 Å². The SMILES string of the molecule is COC(=O)CCN1CCN(c2ccc(Cl)cn2)CC1. The van der Waals surface area contributed by atoms with Gasteiger partial charge in [-0.1, -0.05) is 11.6 Å². The first kappa shape index (κ1) is 14.1. The molecule has 1 aromatic rings. The molecule has 0 saturated carbocycles. The summed E-state index contributed by atoms with van der Waals surface area (Å²) < 4.78 is 4.64. The summed E-state index contributed by atoms with van der Waals surface area (Å²) in [7, 11) is 1.42. The number of anilines is 1. The Morgan fingerprint density at radius 3 is 2.68 bits per heavy atom. The van der Waals surface area contributed by atoms with Gasteiger partial charge in [0.2, 0.25) is 0 Å². The number of carbonyl (C=O) groups is 1. The van der Waals surface area contributed by atoms with Crippen LogP contribution in [0.3, 0.4) is 0 Å². The number of halogens is 1. The zero-order valence-electron chi connectivity index (χ0n) is 11.0. The molecular weight excluding hydrogens is 266 g/mol. The molecule has 1 aliphatic rings. The number of methoxy groups -OCH3 is 1. The second-order valence-electron chi connectivity index (χ2n) is 4.49. The summed E-state index contributed by atoms with van der Waals surface area (Å²) in [4.78, 5) is 19.9. The lowest BCUT2D eigenvalue weighted by Crippen LogP contribution is -2.47. The quantitative estimate of drug-likeness (QED) is 0.782.